The van der Waals surface area contributed by atoms with Crippen molar-refractivity contribution in [3.8, 4) is 5.75 Å². The van der Waals surface area contributed by atoms with Gasteiger partial charge in [-0.25, -0.2) is 4.98 Å². The topological polar surface area (TPSA) is 100 Å². The number of nitrogens with one attached hydrogen (secondary N) is 2. The van der Waals surface area contributed by atoms with Gasteiger partial charge in [-0.2, -0.15) is 5.10 Å². The molecule has 27 heavy (non-hydrogen) atoms. The lowest BCUT2D eigenvalue weighted by Crippen LogP contribution is -2.23. The van der Waals surface area contributed by atoms with Gasteiger partial charge in [-0.15, -0.1) is 0 Å². The minimum Gasteiger partial charge on any atom is -0.484 e. The summed E-state index contributed by atoms with van der Waals surface area (Å²) in [6, 6.07) is 9.00. The summed E-state index contributed by atoms with van der Waals surface area (Å²) < 4.78 is 5.53. The second kappa shape index (κ2) is 7.06. The van der Waals surface area contributed by atoms with E-state index in [9.17, 15) is 9.59 Å². The zero-order chi connectivity index (χ0) is 18.8. The molecule has 1 fully saturated rings. The third-order valence-corrected chi connectivity index (χ3v) is 4.48. The number of aromatic amines is 1. The number of aryl methyl sites for hydroxylation is 1. The van der Waals surface area contributed by atoms with Crippen molar-refractivity contribution in [3.63, 3.8) is 0 Å². The van der Waals surface area contributed by atoms with E-state index in [-0.39, 0.29) is 18.4 Å². The highest BCUT2D eigenvalue weighted by Gasteiger charge is 2.21. The standard InChI is InChI=1S/C19H19N5O3/c1-12-16-9-13(10-20-19(16)23-22-12)21-17(25)11-27-15-6-4-14(5-7-15)24-8-2-3-18(24)26/h4-7,9-10H,2-3,8,11H2,1H3,(H,21,25)(H,20,22,23). The van der Waals surface area contributed by atoms with E-state index >= 15 is 0 Å². The van der Waals surface area contributed by atoms with Crippen LogP contribution in [0.5, 0.6) is 5.75 Å². The molecule has 138 valence electrons. The van der Waals surface area contributed by atoms with E-state index in [1.807, 2.05) is 25.1 Å². The molecule has 0 unspecified atom stereocenters. The van der Waals surface area contributed by atoms with Gasteiger partial charge in [0.15, 0.2) is 12.3 Å². The number of fused-ring (bicyclic) bond motifs is 1. The molecule has 2 amide bonds. The van der Waals surface area contributed by atoms with Crippen molar-refractivity contribution in [2.75, 3.05) is 23.4 Å². The molecule has 3 heterocycles. The minimum atomic E-state index is -0.281. The van der Waals surface area contributed by atoms with Crippen molar-refractivity contribution in [3.05, 3.63) is 42.2 Å². The molecule has 8 nitrogen and oxygen atoms in total. The molecule has 1 saturated heterocycles. The first kappa shape index (κ1) is 17.0. The van der Waals surface area contributed by atoms with Crippen molar-refractivity contribution in [2.45, 2.75) is 19.8 Å². The van der Waals surface area contributed by atoms with E-state index in [1.54, 1.807) is 23.2 Å². The molecule has 0 bridgehead atoms. The Morgan fingerprint density at radius 1 is 1.33 bits per heavy atom. The van der Waals surface area contributed by atoms with Gasteiger partial charge in [-0.3, -0.25) is 14.7 Å². The Bertz CT molecular complexity index is 996. The van der Waals surface area contributed by atoms with Crippen LogP contribution in [0.15, 0.2) is 36.5 Å². The van der Waals surface area contributed by atoms with Gasteiger partial charge >= 0.3 is 0 Å². The van der Waals surface area contributed by atoms with Gasteiger partial charge in [0.05, 0.1) is 11.9 Å². The van der Waals surface area contributed by atoms with Crippen LogP contribution in [0.25, 0.3) is 11.0 Å². The molecule has 0 aliphatic carbocycles. The summed E-state index contributed by atoms with van der Waals surface area (Å²) in [5.74, 6) is 0.428. The molecule has 1 aromatic carbocycles. The van der Waals surface area contributed by atoms with Crippen LogP contribution in [0.2, 0.25) is 0 Å². The van der Waals surface area contributed by atoms with Gasteiger partial charge in [0, 0.05) is 29.7 Å². The molecule has 0 radical (unpaired) electrons. The molecule has 3 aromatic rings. The Labute approximate surface area is 155 Å². The van der Waals surface area contributed by atoms with E-state index < -0.39 is 0 Å². The number of hydrogen-bond acceptors (Lipinski definition) is 5. The fraction of sp³-hybridized carbons (Fsp3) is 0.263. The molecule has 2 N–H and O–H groups in total. The Kier molecular flexibility index (Phi) is 4.45. The van der Waals surface area contributed by atoms with Crippen LogP contribution in [0.1, 0.15) is 18.5 Å². The normalized spacial score (nSPS) is 14.0. The number of aromatic nitrogens is 3. The smallest absolute Gasteiger partial charge is 0.262 e. The number of benzene rings is 1. The number of anilines is 2. The number of rotatable bonds is 5. The van der Waals surface area contributed by atoms with E-state index in [4.69, 9.17) is 4.74 Å². The lowest BCUT2D eigenvalue weighted by atomic mass is 10.2. The molecule has 0 spiro atoms. The van der Waals surface area contributed by atoms with Crippen molar-refractivity contribution in [2.24, 2.45) is 0 Å². The Balaban J connectivity index is 1.34. The van der Waals surface area contributed by atoms with Crippen molar-refractivity contribution >= 4 is 34.2 Å². The Morgan fingerprint density at radius 2 is 2.15 bits per heavy atom. The zero-order valence-electron chi connectivity index (χ0n) is 14.9. The predicted octanol–water partition coefficient (Wildman–Crippen LogP) is 2.41. The zero-order valence-corrected chi connectivity index (χ0v) is 14.9. The molecular weight excluding hydrogens is 346 g/mol. The first-order chi connectivity index (χ1) is 13.1. The van der Waals surface area contributed by atoms with Gasteiger partial charge in [0.2, 0.25) is 5.91 Å². The van der Waals surface area contributed by atoms with Gasteiger partial charge in [-0.1, -0.05) is 0 Å². The Hall–Kier alpha value is -3.42. The van der Waals surface area contributed by atoms with Gasteiger partial charge < -0.3 is 15.0 Å². The highest BCUT2D eigenvalue weighted by Crippen LogP contribution is 2.24. The maximum atomic E-state index is 12.1. The fourth-order valence-electron chi connectivity index (χ4n) is 3.08. The highest BCUT2D eigenvalue weighted by atomic mass is 16.5. The molecule has 1 aliphatic heterocycles. The third-order valence-electron chi connectivity index (χ3n) is 4.48. The molecule has 0 atom stereocenters. The van der Waals surface area contributed by atoms with Crippen LogP contribution in [0, 0.1) is 6.92 Å². The second-order valence-corrected chi connectivity index (χ2v) is 6.42. The molecule has 4 rings (SSSR count). The van der Waals surface area contributed by atoms with Crippen LogP contribution >= 0.6 is 0 Å². The number of ether oxygens (including phenoxy) is 1. The van der Waals surface area contributed by atoms with E-state index in [0.717, 1.165) is 29.7 Å². The number of nitrogens with zero attached hydrogens (tertiary/aromatic N) is 3. The first-order valence-electron chi connectivity index (χ1n) is 8.74. The van der Waals surface area contributed by atoms with Crippen LogP contribution in [0.3, 0.4) is 0 Å². The minimum absolute atomic E-state index is 0.121. The predicted molar refractivity (Wildman–Crippen MR) is 101 cm³/mol. The highest BCUT2D eigenvalue weighted by molar-refractivity contribution is 5.95. The average Bonchev–Trinajstić information content (AvgIpc) is 3.26. The summed E-state index contributed by atoms with van der Waals surface area (Å²) in [6.07, 6.45) is 3.04. The van der Waals surface area contributed by atoms with Crippen molar-refractivity contribution < 1.29 is 14.3 Å². The SMILES string of the molecule is Cc1[nH]nc2ncc(NC(=O)COc3ccc(N4CCCC4=O)cc3)cc12. The third kappa shape index (κ3) is 3.59. The molecular formula is C19H19N5O3. The van der Waals surface area contributed by atoms with Gasteiger partial charge in [0.1, 0.15) is 5.75 Å². The number of carbonyl (C=O) groups excluding carboxylic acids is 2. The number of H-pyrrole nitrogens is 1. The molecule has 8 heteroatoms. The van der Waals surface area contributed by atoms with E-state index in [1.165, 1.54) is 0 Å². The lowest BCUT2D eigenvalue weighted by Gasteiger charge is -2.16. The van der Waals surface area contributed by atoms with Crippen LogP contribution in [-0.4, -0.2) is 40.1 Å². The van der Waals surface area contributed by atoms with E-state index in [0.29, 0.717) is 23.5 Å². The van der Waals surface area contributed by atoms with Gasteiger partial charge in [0.25, 0.3) is 5.91 Å². The summed E-state index contributed by atoms with van der Waals surface area (Å²) in [5, 5.41) is 10.5. The maximum Gasteiger partial charge on any atom is 0.262 e. The quantitative estimate of drug-likeness (QED) is 0.723. The summed E-state index contributed by atoms with van der Waals surface area (Å²) in [4.78, 5) is 29.8. The second-order valence-electron chi connectivity index (χ2n) is 6.42. The Morgan fingerprint density at radius 3 is 2.89 bits per heavy atom. The first-order valence-corrected chi connectivity index (χ1v) is 8.74. The maximum absolute atomic E-state index is 12.1. The summed E-state index contributed by atoms with van der Waals surface area (Å²) in [7, 11) is 0. The summed E-state index contributed by atoms with van der Waals surface area (Å²) in [5.41, 5.74) is 2.94. The number of carbonyl (C=O) groups is 2. The molecule has 1 aliphatic rings. The monoisotopic (exact) mass is 365 g/mol. The summed E-state index contributed by atoms with van der Waals surface area (Å²) in [6.45, 7) is 2.52. The summed E-state index contributed by atoms with van der Waals surface area (Å²) >= 11 is 0. The van der Waals surface area contributed by atoms with E-state index in [2.05, 4.69) is 20.5 Å². The van der Waals surface area contributed by atoms with Gasteiger partial charge in [-0.05, 0) is 43.7 Å². The van der Waals surface area contributed by atoms with Crippen LogP contribution in [-0.2, 0) is 9.59 Å². The van der Waals surface area contributed by atoms with Crippen molar-refractivity contribution in [1.82, 2.24) is 15.2 Å². The number of hydrogen-bond donors (Lipinski definition) is 2. The number of amides is 2. The number of pyridine rings is 1. The van der Waals surface area contributed by atoms with Crippen LogP contribution in [0.4, 0.5) is 11.4 Å². The lowest BCUT2D eigenvalue weighted by molar-refractivity contribution is -0.118. The average molecular weight is 365 g/mol. The van der Waals surface area contributed by atoms with Crippen LogP contribution < -0.4 is 15.0 Å². The molecule has 0 saturated carbocycles. The fourth-order valence-corrected chi connectivity index (χ4v) is 3.08. The molecule has 2 aromatic heterocycles. The van der Waals surface area contributed by atoms with Crippen molar-refractivity contribution in [1.29, 1.82) is 0 Å². The largest absolute Gasteiger partial charge is 0.484 e.